The first kappa shape index (κ1) is 16.6. The van der Waals surface area contributed by atoms with Gasteiger partial charge < -0.3 is 5.32 Å². The Morgan fingerprint density at radius 3 is 2.25 bits per heavy atom. The molecule has 2 heterocycles. The highest BCUT2D eigenvalue weighted by Gasteiger charge is 2.68. The Hall–Kier alpha value is -2.24. The molecule has 0 aromatic carbocycles. The first-order valence-corrected chi connectivity index (χ1v) is 8.34. The maximum absolute atomic E-state index is 12.8. The zero-order valence-corrected chi connectivity index (χ0v) is 15.2. The smallest absolute Gasteiger partial charge is 0.252 e. The maximum atomic E-state index is 12.8. The number of carbonyl (C=O) groups is 1. The second-order valence-corrected chi connectivity index (χ2v) is 7.94. The number of nitrogens with zero attached hydrogens (tertiary/aromatic N) is 4. The van der Waals surface area contributed by atoms with Crippen molar-refractivity contribution in [1.82, 2.24) is 19.7 Å². The van der Waals surface area contributed by atoms with Gasteiger partial charge in [0, 0.05) is 24.4 Å². The summed E-state index contributed by atoms with van der Waals surface area (Å²) in [7, 11) is 0. The molecule has 1 aliphatic carbocycles. The van der Waals surface area contributed by atoms with Gasteiger partial charge in [0.15, 0.2) is 0 Å². The fourth-order valence-corrected chi connectivity index (χ4v) is 3.37. The minimum atomic E-state index is -0.0208. The number of hydrogen-bond acceptors (Lipinski definition) is 4. The van der Waals surface area contributed by atoms with Crippen LogP contribution in [0.1, 0.15) is 53.2 Å². The minimum Gasteiger partial charge on any atom is -0.310 e. The molecule has 3 rings (SSSR count). The topological polar surface area (TPSA) is 72.7 Å². The monoisotopic (exact) mass is 327 g/mol. The van der Waals surface area contributed by atoms with Crippen molar-refractivity contribution in [2.45, 2.75) is 47.5 Å². The van der Waals surface area contributed by atoms with Gasteiger partial charge in [-0.05, 0) is 22.8 Å². The van der Waals surface area contributed by atoms with Gasteiger partial charge in [0.25, 0.3) is 5.95 Å². The lowest BCUT2D eigenvalue weighted by Gasteiger charge is -2.08. The molecule has 0 spiro atoms. The van der Waals surface area contributed by atoms with E-state index >= 15 is 0 Å². The van der Waals surface area contributed by atoms with E-state index in [1.165, 1.54) is 0 Å². The SMILES string of the molecule is CC(C)c1cc(NC(=O)C2C(C)(C)C2(C)C)n(-c2ncccn2)n1. The van der Waals surface area contributed by atoms with E-state index in [4.69, 9.17) is 0 Å². The predicted molar refractivity (Wildman–Crippen MR) is 92.9 cm³/mol. The lowest BCUT2D eigenvalue weighted by Crippen LogP contribution is -2.20. The van der Waals surface area contributed by atoms with E-state index < -0.39 is 0 Å². The third-order valence-corrected chi connectivity index (χ3v) is 5.60. The Bertz CT molecular complexity index is 747. The van der Waals surface area contributed by atoms with Crippen molar-refractivity contribution in [1.29, 1.82) is 0 Å². The van der Waals surface area contributed by atoms with Crippen molar-refractivity contribution in [3.05, 3.63) is 30.2 Å². The third kappa shape index (κ3) is 2.50. The zero-order chi connectivity index (χ0) is 17.7. The van der Waals surface area contributed by atoms with E-state index in [1.807, 2.05) is 6.07 Å². The molecule has 2 aromatic rings. The lowest BCUT2D eigenvalue weighted by molar-refractivity contribution is -0.118. The van der Waals surface area contributed by atoms with E-state index in [2.05, 4.69) is 61.9 Å². The molecule has 1 N–H and O–H groups in total. The molecular weight excluding hydrogens is 302 g/mol. The van der Waals surface area contributed by atoms with Crippen LogP contribution in [0.5, 0.6) is 0 Å². The van der Waals surface area contributed by atoms with Gasteiger partial charge in [0.05, 0.1) is 5.69 Å². The van der Waals surface area contributed by atoms with E-state index in [9.17, 15) is 4.79 Å². The molecule has 0 saturated heterocycles. The van der Waals surface area contributed by atoms with Gasteiger partial charge in [-0.25, -0.2) is 9.97 Å². The number of carbonyl (C=O) groups excluding carboxylic acids is 1. The molecule has 0 aliphatic heterocycles. The summed E-state index contributed by atoms with van der Waals surface area (Å²) in [4.78, 5) is 21.3. The quantitative estimate of drug-likeness (QED) is 0.934. The van der Waals surface area contributed by atoms with Gasteiger partial charge >= 0.3 is 0 Å². The summed E-state index contributed by atoms with van der Waals surface area (Å²) in [6.07, 6.45) is 3.33. The first-order valence-electron chi connectivity index (χ1n) is 8.34. The van der Waals surface area contributed by atoms with Crippen LogP contribution in [0.2, 0.25) is 0 Å². The molecule has 1 amide bonds. The Morgan fingerprint density at radius 1 is 1.17 bits per heavy atom. The molecule has 0 atom stereocenters. The van der Waals surface area contributed by atoms with Crippen LogP contribution in [0, 0.1) is 16.7 Å². The molecule has 0 unspecified atom stereocenters. The van der Waals surface area contributed by atoms with Crippen LogP contribution in [-0.2, 0) is 4.79 Å². The second kappa shape index (κ2) is 5.40. The summed E-state index contributed by atoms with van der Waals surface area (Å²) < 4.78 is 1.61. The minimum absolute atomic E-state index is 0.00788. The van der Waals surface area contributed by atoms with Crippen molar-refractivity contribution in [3.8, 4) is 5.95 Å². The second-order valence-electron chi connectivity index (χ2n) is 7.94. The highest BCUT2D eigenvalue weighted by molar-refractivity contribution is 5.95. The summed E-state index contributed by atoms with van der Waals surface area (Å²) in [5.74, 6) is 1.33. The summed E-state index contributed by atoms with van der Waals surface area (Å²) in [6, 6.07) is 3.66. The van der Waals surface area contributed by atoms with Gasteiger partial charge in [-0.3, -0.25) is 4.79 Å². The van der Waals surface area contributed by atoms with E-state index in [0.717, 1.165) is 5.69 Å². The van der Waals surface area contributed by atoms with Gasteiger partial charge in [0.1, 0.15) is 5.82 Å². The van der Waals surface area contributed by atoms with Crippen molar-refractivity contribution in [2.24, 2.45) is 16.7 Å². The molecule has 0 radical (unpaired) electrons. The highest BCUT2D eigenvalue weighted by atomic mass is 16.2. The van der Waals surface area contributed by atoms with Crippen molar-refractivity contribution in [3.63, 3.8) is 0 Å². The van der Waals surface area contributed by atoms with Crippen LogP contribution in [0.3, 0.4) is 0 Å². The fourth-order valence-electron chi connectivity index (χ4n) is 3.37. The Kier molecular flexibility index (Phi) is 3.73. The Labute approximate surface area is 142 Å². The summed E-state index contributed by atoms with van der Waals surface area (Å²) in [6.45, 7) is 12.7. The number of rotatable bonds is 4. The normalized spacial score (nSPS) is 18.6. The largest absolute Gasteiger partial charge is 0.310 e. The third-order valence-electron chi connectivity index (χ3n) is 5.60. The molecule has 24 heavy (non-hydrogen) atoms. The zero-order valence-electron chi connectivity index (χ0n) is 15.2. The Morgan fingerprint density at radius 2 is 1.75 bits per heavy atom. The standard InChI is InChI=1S/C18H25N5O/c1-11(2)12-10-13(23(22-12)16-19-8-7-9-20-16)21-15(24)14-17(3,4)18(14,5)6/h7-11,14H,1-6H3,(H,21,24). The molecule has 2 aromatic heterocycles. The Balaban J connectivity index is 1.92. The lowest BCUT2D eigenvalue weighted by atomic mass is 10.0. The summed E-state index contributed by atoms with van der Waals surface area (Å²) in [5, 5.41) is 7.60. The molecule has 1 fully saturated rings. The molecule has 128 valence electrons. The predicted octanol–water partition coefficient (Wildman–Crippen LogP) is 3.41. The van der Waals surface area contributed by atoms with Gasteiger partial charge in [-0.1, -0.05) is 41.5 Å². The molecule has 6 nitrogen and oxygen atoms in total. The van der Waals surface area contributed by atoms with Crippen LogP contribution >= 0.6 is 0 Å². The number of nitrogens with one attached hydrogen (secondary N) is 1. The van der Waals surface area contributed by atoms with Gasteiger partial charge in [-0.2, -0.15) is 9.78 Å². The van der Waals surface area contributed by atoms with E-state index in [-0.39, 0.29) is 28.6 Å². The van der Waals surface area contributed by atoms with Crippen molar-refractivity contribution >= 4 is 11.7 Å². The first-order chi connectivity index (χ1) is 11.2. The van der Waals surface area contributed by atoms with Crippen LogP contribution < -0.4 is 5.32 Å². The summed E-state index contributed by atoms with van der Waals surface area (Å²) >= 11 is 0. The highest BCUT2D eigenvalue weighted by Crippen LogP contribution is 2.68. The van der Waals surface area contributed by atoms with Crippen LogP contribution in [0.25, 0.3) is 5.95 Å². The summed E-state index contributed by atoms with van der Waals surface area (Å²) in [5.41, 5.74) is 0.880. The van der Waals surface area contributed by atoms with Gasteiger partial charge in [0.2, 0.25) is 5.91 Å². The molecule has 0 bridgehead atoms. The van der Waals surface area contributed by atoms with Crippen LogP contribution in [0.4, 0.5) is 5.82 Å². The number of anilines is 1. The molecule has 6 heteroatoms. The maximum Gasteiger partial charge on any atom is 0.252 e. The van der Waals surface area contributed by atoms with Crippen molar-refractivity contribution < 1.29 is 4.79 Å². The molecule has 1 aliphatic rings. The average molecular weight is 327 g/mol. The number of amides is 1. The fraction of sp³-hybridized carbons (Fsp3) is 0.556. The van der Waals surface area contributed by atoms with Crippen LogP contribution in [-0.4, -0.2) is 25.7 Å². The number of hydrogen-bond donors (Lipinski definition) is 1. The van der Waals surface area contributed by atoms with Crippen molar-refractivity contribution in [2.75, 3.05) is 5.32 Å². The van der Waals surface area contributed by atoms with Crippen LogP contribution in [0.15, 0.2) is 24.5 Å². The number of aromatic nitrogens is 4. The molecule has 1 saturated carbocycles. The van der Waals surface area contributed by atoms with E-state index in [1.54, 1.807) is 23.1 Å². The van der Waals surface area contributed by atoms with E-state index in [0.29, 0.717) is 11.8 Å². The average Bonchev–Trinajstić information content (AvgIpc) is 2.81. The molecular formula is C18H25N5O. The van der Waals surface area contributed by atoms with Gasteiger partial charge in [-0.15, -0.1) is 0 Å².